The highest BCUT2D eigenvalue weighted by atomic mass is 16.5. The summed E-state index contributed by atoms with van der Waals surface area (Å²) in [6, 6.07) is 15.9. The summed E-state index contributed by atoms with van der Waals surface area (Å²) in [5.41, 5.74) is 1.92. The third-order valence-corrected chi connectivity index (χ3v) is 5.82. The van der Waals surface area contributed by atoms with Crippen LogP contribution in [0.2, 0.25) is 0 Å². The number of aryl methyl sites for hydroxylation is 1. The molecule has 31 heavy (non-hydrogen) atoms. The van der Waals surface area contributed by atoms with Crippen molar-refractivity contribution < 1.29 is 14.3 Å². The summed E-state index contributed by atoms with van der Waals surface area (Å²) in [6.07, 6.45) is 1.36. The first kappa shape index (κ1) is 21.2. The Balaban J connectivity index is 1.50. The zero-order chi connectivity index (χ0) is 22.0. The van der Waals surface area contributed by atoms with Gasteiger partial charge in [-0.2, -0.15) is 0 Å². The van der Waals surface area contributed by atoms with Crippen LogP contribution in [0.25, 0.3) is 11.0 Å². The number of aromatic nitrogens is 2. The molecule has 1 saturated heterocycles. The standard InChI is InChI=1S/C25H31N3O3/c1-25(2,3)28-17-18(15-23(28)29)24-26-21-11-5-6-12-22(21)27(24)13-8-14-31-20-10-7-9-19(16-20)30-4/h5-7,9-12,16,18H,8,13-15,17H2,1-4H3. The normalized spacial score (nSPS) is 16.8. The van der Waals surface area contributed by atoms with Gasteiger partial charge in [-0.05, 0) is 51.5 Å². The number of para-hydroxylation sites is 2. The quantitative estimate of drug-likeness (QED) is 0.522. The van der Waals surface area contributed by atoms with Gasteiger partial charge in [-0.1, -0.05) is 18.2 Å². The Morgan fingerprint density at radius 2 is 1.87 bits per heavy atom. The van der Waals surface area contributed by atoms with Gasteiger partial charge in [0.15, 0.2) is 0 Å². The molecule has 1 atom stereocenters. The van der Waals surface area contributed by atoms with E-state index in [0.29, 0.717) is 19.6 Å². The lowest BCUT2D eigenvalue weighted by atomic mass is 10.1. The minimum Gasteiger partial charge on any atom is -0.497 e. The Morgan fingerprint density at radius 3 is 2.61 bits per heavy atom. The molecular formula is C25H31N3O3. The summed E-state index contributed by atoms with van der Waals surface area (Å²) < 4.78 is 13.5. The molecular weight excluding hydrogens is 390 g/mol. The van der Waals surface area contributed by atoms with E-state index >= 15 is 0 Å². The summed E-state index contributed by atoms with van der Waals surface area (Å²) in [4.78, 5) is 19.6. The van der Waals surface area contributed by atoms with Gasteiger partial charge in [0, 0.05) is 37.0 Å². The Morgan fingerprint density at radius 1 is 1.10 bits per heavy atom. The second kappa shape index (κ2) is 8.61. The van der Waals surface area contributed by atoms with E-state index < -0.39 is 0 Å². The predicted molar refractivity (Wildman–Crippen MR) is 122 cm³/mol. The minimum absolute atomic E-state index is 0.110. The molecule has 6 heteroatoms. The lowest BCUT2D eigenvalue weighted by molar-refractivity contribution is -0.131. The number of rotatable bonds is 7. The van der Waals surface area contributed by atoms with Crippen molar-refractivity contribution in [1.82, 2.24) is 14.5 Å². The number of benzene rings is 2. The summed E-state index contributed by atoms with van der Waals surface area (Å²) in [5.74, 6) is 2.91. The van der Waals surface area contributed by atoms with Gasteiger partial charge in [-0.3, -0.25) is 4.79 Å². The highest BCUT2D eigenvalue weighted by Gasteiger charge is 2.38. The molecule has 164 valence electrons. The lowest BCUT2D eigenvalue weighted by Gasteiger charge is -2.32. The molecule has 1 aliphatic rings. The van der Waals surface area contributed by atoms with Crippen LogP contribution in [0.5, 0.6) is 11.5 Å². The molecule has 3 aromatic rings. The molecule has 1 aliphatic heterocycles. The van der Waals surface area contributed by atoms with Crippen LogP contribution in [-0.4, -0.2) is 46.2 Å². The fraction of sp³-hybridized carbons (Fsp3) is 0.440. The number of amides is 1. The first-order valence-corrected chi connectivity index (χ1v) is 10.9. The zero-order valence-corrected chi connectivity index (χ0v) is 18.8. The molecule has 1 unspecified atom stereocenters. The molecule has 0 spiro atoms. The van der Waals surface area contributed by atoms with Gasteiger partial charge in [0.2, 0.25) is 5.91 Å². The summed E-state index contributed by atoms with van der Waals surface area (Å²) in [7, 11) is 1.65. The van der Waals surface area contributed by atoms with Gasteiger partial charge in [0.1, 0.15) is 17.3 Å². The highest BCUT2D eigenvalue weighted by molar-refractivity contribution is 5.81. The van der Waals surface area contributed by atoms with Gasteiger partial charge in [-0.15, -0.1) is 0 Å². The number of hydrogen-bond acceptors (Lipinski definition) is 4. The van der Waals surface area contributed by atoms with Gasteiger partial charge < -0.3 is 18.9 Å². The number of ether oxygens (including phenoxy) is 2. The second-order valence-corrected chi connectivity index (χ2v) is 9.07. The molecule has 1 amide bonds. The van der Waals surface area contributed by atoms with E-state index in [1.165, 1.54) is 0 Å². The Kier molecular flexibility index (Phi) is 5.90. The van der Waals surface area contributed by atoms with E-state index in [1.807, 2.05) is 47.4 Å². The number of methoxy groups -OCH3 is 1. The van der Waals surface area contributed by atoms with Gasteiger partial charge in [0.05, 0.1) is 24.8 Å². The number of hydrogen-bond donors (Lipinski definition) is 0. The van der Waals surface area contributed by atoms with Crippen LogP contribution in [0.1, 0.15) is 45.4 Å². The molecule has 1 aromatic heterocycles. The number of likely N-dealkylation sites (tertiary alicyclic amines) is 1. The molecule has 2 aromatic carbocycles. The number of fused-ring (bicyclic) bond motifs is 1. The van der Waals surface area contributed by atoms with Crippen molar-refractivity contribution in [3.63, 3.8) is 0 Å². The van der Waals surface area contributed by atoms with Gasteiger partial charge in [0.25, 0.3) is 0 Å². The molecule has 0 N–H and O–H groups in total. The SMILES string of the molecule is COc1cccc(OCCCn2c(C3CC(=O)N(C(C)(C)C)C3)nc3ccccc32)c1. The summed E-state index contributed by atoms with van der Waals surface area (Å²) >= 11 is 0. The topological polar surface area (TPSA) is 56.6 Å². The Hall–Kier alpha value is -3.02. The van der Waals surface area contributed by atoms with Crippen LogP contribution in [0.15, 0.2) is 48.5 Å². The van der Waals surface area contributed by atoms with E-state index in [0.717, 1.165) is 41.3 Å². The van der Waals surface area contributed by atoms with Gasteiger partial charge >= 0.3 is 0 Å². The summed E-state index contributed by atoms with van der Waals surface area (Å²) in [5, 5.41) is 0. The van der Waals surface area contributed by atoms with Crippen molar-refractivity contribution in [2.24, 2.45) is 0 Å². The van der Waals surface area contributed by atoms with Crippen LogP contribution in [0, 0.1) is 0 Å². The van der Waals surface area contributed by atoms with Crippen LogP contribution in [-0.2, 0) is 11.3 Å². The fourth-order valence-corrected chi connectivity index (χ4v) is 4.27. The summed E-state index contributed by atoms with van der Waals surface area (Å²) in [6.45, 7) is 8.37. The van der Waals surface area contributed by atoms with Gasteiger partial charge in [-0.25, -0.2) is 4.98 Å². The Bertz CT molecular complexity index is 1070. The molecule has 2 heterocycles. The molecule has 0 aliphatic carbocycles. The van der Waals surface area contributed by atoms with E-state index in [2.05, 4.69) is 31.4 Å². The predicted octanol–water partition coefficient (Wildman–Crippen LogP) is 4.63. The van der Waals surface area contributed by atoms with Crippen molar-refractivity contribution in [2.75, 3.05) is 20.3 Å². The largest absolute Gasteiger partial charge is 0.497 e. The molecule has 0 saturated carbocycles. The maximum absolute atomic E-state index is 12.7. The van der Waals surface area contributed by atoms with Crippen LogP contribution >= 0.6 is 0 Å². The molecule has 6 nitrogen and oxygen atoms in total. The number of carbonyl (C=O) groups is 1. The molecule has 4 rings (SSSR count). The molecule has 0 bridgehead atoms. The van der Waals surface area contributed by atoms with Crippen molar-refractivity contribution in [3.8, 4) is 11.5 Å². The smallest absolute Gasteiger partial charge is 0.223 e. The van der Waals surface area contributed by atoms with Crippen LogP contribution < -0.4 is 9.47 Å². The lowest BCUT2D eigenvalue weighted by Crippen LogP contribution is -2.42. The second-order valence-electron chi connectivity index (χ2n) is 9.07. The average molecular weight is 422 g/mol. The Labute approximate surface area is 183 Å². The number of carbonyl (C=O) groups excluding carboxylic acids is 1. The monoisotopic (exact) mass is 421 g/mol. The first-order chi connectivity index (χ1) is 14.9. The number of imidazole rings is 1. The first-order valence-electron chi connectivity index (χ1n) is 10.9. The molecule has 1 fully saturated rings. The highest BCUT2D eigenvalue weighted by Crippen LogP contribution is 2.34. The zero-order valence-electron chi connectivity index (χ0n) is 18.8. The van der Waals surface area contributed by atoms with Crippen LogP contribution in [0.3, 0.4) is 0 Å². The fourth-order valence-electron chi connectivity index (χ4n) is 4.27. The van der Waals surface area contributed by atoms with E-state index in [4.69, 9.17) is 14.5 Å². The third-order valence-electron chi connectivity index (χ3n) is 5.82. The maximum Gasteiger partial charge on any atom is 0.223 e. The number of nitrogens with zero attached hydrogens (tertiary/aromatic N) is 3. The van der Waals surface area contributed by atoms with Crippen LogP contribution in [0.4, 0.5) is 0 Å². The molecule has 0 radical (unpaired) electrons. The van der Waals surface area contributed by atoms with Crippen molar-refractivity contribution in [1.29, 1.82) is 0 Å². The van der Waals surface area contributed by atoms with Crippen molar-refractivity contribution in [2.45, 2.75) is 51.6 Å². The minimum atomic E-state index is -0.173. The van der Waals surface area contributed by atoms with Crippen molar-refractivity contribution >= 4 is 16.9 Å². The average Bonchev–Trinajstić information content (AvgIpc) is 3.32. The van der Waals surface area contributed by atoms with E-state index in [-0.39, 0.29) is 17.4 Å². The van der Waals surface area contributed by atoms with E-state index in [1.54, 1.807) is 7.11 Å². The maximum atomic E-state index is 12.7. The van der Waals surface area contributed by atoms with E-state index in [9.17, 15) is 4.79 Å². The van der Waals surface area contributed by atoms with Crippen molar-refractivity contribution in [3.05, 3.63) is 54.4 Å². The third kappa shape index (κ3) is 4.53.